The molecule has 2 N–H and O–H groups in total. The quantitative estimate of drug-likeness (QED) is 0.744. The van der Waals surface area contributed by atoms with E-state index in [0.29, 0.717) is 6.42 Å². The van der Waals surface area contributed by atoms with Crippen molar-refractivity contribution in [2.24, 2.45) is 0 Å². The largest absolute Gasteiger partial charge is 0.465 e. The minimum Gasteiger partial charge on any atom is -0.465 e. The van der Waals surface area contributed by atoms with E-state index in [1.165, 1.54) is 31.4 Å². The summed E-state index contributed by atoms with van der Waals surface area (Å²) >= 11 is 0. The molecule has 1 aromatic rings. The number of hydrogen-bond acceptors (Lipinski definition) is 5. The van der Waals surface area contributed by atoms with Crippen LogP contribution >= 0.6 is 0 Å². The Morgan fingerprint density at radius 3 is 2.68 bits per heavy atom. The van der Waals surface area contributed by atoms with Crippen molar-refractivity contribution in [1.29, 1.82) is 0 Å². The highest BCUT2D eigenvalue weighted by atomic mass is 32.2. The van der Waals surface area contributed by atoms with E-state index in [1.807, 2.05) is 0 Å². The smallest absolute Gasteiger partial charge is 0.337 e. The van der Waals surface area contributed by atoms with Crippen molar-refractivity contribution < 1.29 is 23.1 Å². The van der Waals surface area contributed by atoms with Gasteiger partial charge in [0, 0.05) is 6.04 Å². The topological polar surface area (TPSA) is 92.7 Å². The molecule has 7 heteroatoms. The molecule has 0 aliphatic heterocycles. The molecule has 1 atom stereocenters. The Morgan fingerprint density at radius 2 is 2.16 bits per heavy atom. The number of ether oxygens (including phenoxy) is 1. The SMILES string of the molecule is CCC(CO)NS(=O)(=O)c1cccc(C(=O)OC)c1. The summed E-state index contributed by atoms with van der Waals surface area (Å²) in [7, 11) is -2.54. The van der Waals surface area contributed by atoms with Crippen LogP contribution in [0, 0.1) is 0 Å². The highest BCUT2D eigenvalue weighted by Gasteiger charge is 2.19. The summed E-state index contributed by atoms with van der Waals surface area (Å²) < 4.78 is 31.0. The normalized spacial score (nSPS) is 13.0. The van der Waals surface area contributed by atoms with Gasteiger partial charge in [0.2, 0.25) is 10.0 Å². The molecule has 19 heavy (non-hydrogen) atoms. The van der Waals surface area contributed by atoms with Gasteiger partial charge < -0.3 is 9.84 Å². The van der Waals surface area contributed by atoms with E-state index in [4.69, 9.17) is 5.11 Å². The van der Waals surface area contributed by atoms with Gasteiger partial charge in [-0.05, 0) is 24.6 Å². The second kappa shape index (κ2) is 6.65. The predicted octanol–water partition coefficient (Wildman–Crippen LogP) is 0.522. The average Bonchev–Trinajstić information content (AvgIpc) is 2.44. The van der Waals surface area contributed by atoms with E-state index in [2.05, 4.69) is 9.46 Å². The standard InChI is InChI=1S/C12H17NO5S/c1-3-10(8-14)13-19(16,17)11-6-4-5-9(7-11)12(15)18-2/h4-7,10,13-14H,3,8H2,1-2H3. The lowest BCUT2D eigenvalue weighted by Gasteiger charge is -2.14. The summed E-state index contributed by atoms with van der Waals surface area (Å²) in [5.41, 5.74) is 0.155. The fourth-order valence-corrected chi connectivity index (χ4v) is 2.80. The highest BCUT2D eigenvalue weighted by Crippen LogP contribution is 2.13. The number of esters is 1. The first kappa shape index (κ1) is 15.6. The molecule has 1 rings (SSSR count). The Hall–Kier alpha value is -1.44. The van der Waals surface area contributed by atoms with Crippen LogP contribution < -0.4 is 4.72 Å². The van der Waals surface area contributed by atoms with E-state index < -0.39 is 22.0 Å². The van der Waals surface area contributed by atoms with Crippen molar-refractivity contribution in [3.8, 4) is 0 Å². The van der Waals surface area contributed by atoms with Gasteiger partial charge in [-0.2, -0.15) is 0 Å². The second-order valence-electron chi connectivity index (χ2n) is 3.93. The van der Waals surface area contributed by atoms with Gasteiger partial charge in [0.05, 0.1) is 24.2 Å². The number of benzene rings is 1. The molecule has 0 spiro atoms. The van der Waals surface area contributed by atoms with Crippen LogP contribution in [0.2, 0.25) is 0 Å². The second-order valence-corrected chi connectivity index (χ2v) is 5.64. The Balaban J connectivity index is 3.05. The molecule has 1 unspecified atom stereocenters. The van der Waals surface area contributed by atoms with Gasteiger partial charge in [0.15, 0.2) is 0 Å². The molecule has 6 nitrogen and oxygen atoms in total. The summed E-state index contributed by atoms with van der Waals surface area (Å²) in [4.78, 5) is 11.3. The van der Waals surface area contributed by atoms with E-state index in [1.54, 1.807) is 6.92 Å². The number of carbonyl (C=O) groups is 1. The summed E-state index contributed by atoms with van der Waals surface area (Å²) in [5.74, 6) is -0.605. The van der Waals surface area contributed by atoms with Crippen molar-refractivity contribution in [3.63, 3.8) is 0 Å². The molecule has 1 aromatic carbocycles. The maximum absolute atomic E-state index is 12.0. The number of aliphatic hydroxyl groups is 1. The minimum absolute atomic E-state index is 0.0395. The molecule has 0 saturated carbocycles. The van der Waals surface area contributed by atoms with Crippen LogP contribution in [-0.4, -0.2) is 39.3 Å². The summed E-state index contributed by atoms with van der Waals surface area (Å²) in [6, 6.07) is 4.98. The fourth-order valence-electron chi connectivity index (χ4n) is 1.45. The molecule has 0 amide bonds. The van der Waals surface area contributed by atoms with Gasteiger partial charge in [-0.1, -0.05) is 13.0 Å². The molecule has 0 bridgehead atoms. The summed E-state index contributed by atoms with van der Waals surface area (Å²) in [5, 5.41) is 9.02. The van der Waals surface area contributed by atoms with Crippen molar-refractivity contribution >= 4 is 16.0 Å². The lowest BCUT2D eigenvalue weighted by Crippen LogP contribution is -2.36. The monoisotopic (exact) mass is 287 g/mol. The third-order valence-corrected chi connectivity index (χ3v) is 4.12. The molecular formula is C12H17NO5S. The van der Waals surface area contributed by atoms with Crippen LogP contribution in [0.25, 0.3) is 0 Å². The van der Waals surface area contributed by atoms with Crippen LogP contribution in [-0.2, 0) is 14.8 Å². The van der Waals surface area contributed by atoms with Crippen LogP contribution in [0.3, 0.4) is 0 Å². The number of sulfonamides is 1. The first-order valence-corrected chi connectivity index (χ1v) is 7.24. The molecule has 0 aliphatic rings. The molecule has 0 aliphatic carbocycles. The maximum atomic E-state index is 12.0. The molecule has 0 aromatic heterocycles. The van der Waals surface area contributed by atoms with E-state index in [-0.39, 0.29) is 17.1 Å². The lowest BCUT2D eigenvalue weighted by atomic mass is 10.2. The Morgan fingerprint density at radius 1 is 1.47 bits per heavy atom. The van der Waals surface area contributed by atoms with Crippen LogP contribution in [0.1, 0.15) is 23.7 Å². The zero-order valence-electron chi connectivity index (χ0n) is 10.8. The third-order valence-electron chi connectivity index (χ3n) is 2.60. The number of rotatable bonds is 6. The highest BCUT2D eigenvalue weighted by molar-refractivity contribution is 7.89. The van der Waals surface area contributed by atoms with E-state index >= 15 is 0 Å². The van der Waals surface area contributed by atoms with Gasteiger partial charge in [-0.15, -0.1) is 0 Å². The van der Waals surface area contributed by atoms with E-state index in [0.717, 1.165) is 0 Å². The number of aliphatic hydroxyl groups excluding tert-OH is 1. The zero-order chi connectivity index (χ0) is 14.5. The van der Waals surface area contributed by atoms with Gasteiger partial charge in [-0.3, -0.25) is 0 Å². The van der Waals surface area contributed by atoms with Gasteiger partial charge in [-0.25, -0.2) is 17.9 Å². The van der Waals surface area contributed by atoms with Gasteiger partial charge >= 0.3 is 5.97 Å². The van der Waals surface area contributed by atoms with Crippen molar-refractivity contribution in [3.05, 3.63) is 29.8 Å². The average molecular weight is 287 g/mol. The number of carbonyl (C=O) groups excluding carboxylic acids is 1. The summed E-state index contributed by atoms with van der Waals surface area (Å²) in [6.45, 7) is 1.47. The molecular weight excluding hydrogens is 270 g/mol. The Kier molecular flexibility index (Phi) is 5.46. The Labute approximate surface area is 112 Å². The molecule has 0 radical (unpaired) electrons. The van der Waals surface area contributed by atoms with Crippen molar-refractivity contribution in [2.45, 2.75) is 24.3 Å². The van der Waals surface area contributed by atoms with Gasteiger partial charge in [0.1, 0.15) is 0 Å². The molecule has 0 fully saturated rings. The Bertz CT molecular complexity index is 537. The van der Waals surface area contributed by atoms with Crippen LogP contribution in [0.4, 0.5) is 0 Å². The first-order chi connectivity index (χ1) is 8.94. The maximum Gasteiger partial charge on any atom is 0.337 e. The third kappa shape index (κ3) is 4.02. The number of hydrogen-bond donors (Lipinski definition) is 2. The summed E-state index contributed by atoms with van der Waals surface area (Å²) in [6.07, 6.45) is 0.465. The van der Waals surface area contributed by atoms with E-state index in [9.17, 15) is 13.2 Å². The van der Waals surface area contributed by atoms with Crippen LogP contribution in [0.15, 0.2) is 29.2 Å². The predicted molar refractivity (Wildman–Crippen MR) is 69.3 cm³/mol. The van der Waals surface area contributed by atoms with Crippen LogP contribution in [0.5, 0.6) is 0 Å². The molecule has 0 saturated heterocycles. The fraction of sp³-hybridized carbons (Fsp3) is 0.417. The molecule has 0 heterocycles. The molecule has 106 valence electrons. The number of methoxy groups -OCH3 is 1. The van der Waals surface area contributed by atoms with Gasteiger partial charge in [0.25, 0.3) is 0 Å². The minimum atomic E-state index is -3.77. The van der Waals surface area contributed by atoms with Crippen molar-refractivity contribution in [1.82, 2.24) is 4.72 Å². The zero-order valence-corrected chi connectivity index (χ0v) is 11.6. The van der Waals surface area contributed by atoms with Crippen molar-refractivity contribution in [2.75, 3.05) is 13.7 Å². The first-order valence-electron chi connectivity index (χ1n) is 5.76. The number of nitrogens with one attached hydrogen (secondary N) is 1. The lowest BCUT2D eigenvalue weighted by molar-refractivity contribution is 0.0600.